The van der Waals surface area contributed by atoms with Crippen LogP contribution < -0.4 is 5.32 Å². The van der Waals surface area contributed by atoms with E-state index in [0.29, 0.717) is 11.0 Å². The van der Waals surface area contributed by atoms with Crippen molar-refractivity contribution in [3.63, 3.8) is 0 Å². The number of nitrogens with one attached hydrogen (secondary N) is 1. The minimum absolute atomic E-state index is 0.311. The van der Waals surface area contributed by atoms with Crippen LogP contribution in [-0.4, -0.2) is 62.2 Å². The molecule has 1 rings (SSSR count). The van der Waals surface area contributed by atoms with E-state index in [2.05, 4.69) is 56.9 Å². The molecule has 1 saturated heterocycles. The lowest BCUT2D eigenvalue weighted by Gasteiger charge is -2.48. The molecular weight excluding hydrogens is 222 g/mol. The first-order valence-corrected chi connectivity index (χ1v) is 7.47. The van der Waals surface area contributed by atoms with Crippen molar-refractivity contribution in [2.24, 2.45) is 5.41 Å². The molecule has 0 amide bonds. The molecule has 108 valence electrons. The molecule has 3 heteroatoms. The van der Waals surface area contributed by atoms with E-state index in [1.165, 1.54) is 39.0 Å². The zero-order valence-electron chi connectivity index (χ0n) is 13.3. The maximum Gasteiger partial charge on any atom is 0.0277 e. The molecule has 0 aromatic carbocycles. The Balaban J connectivity index is 2.65. The van der Waals surface area contributed by atoms with Crippen LogP contribution in [0.4, 0.5) is 0 Å². The highest BCUT2D eigenvalue weighted by molar-refractivity contribution is 4.91. The number of likely N-dealkylation sites (N-methyl/N-ethyl adjacent to an activating group) is 1. The van der Waals surface area contributed by atoms with Crippen molar-refractivity contribution in [2.75, 3.05) is 46.8 Å². The van der Waals surface area contributed by atoms with Gasteiger partial charge in [-0.1, -0.05) is 13.8 Å². The van der Waals surface area contributed by atoms with Gasteiger partial charge in [-0.05, 0) is 46.2 Å². The fourth-order valence-corrected chi connectivity index (χ4v) is 3.10. The van der Waals surface area contributed by atoms with Crippen LogP contribution in [0.25, 0.3) is 0 Å². The highest BCUT2D eigenvalue weighted by Gasteiger charge is 2.35. The molecule has 1 N–H and O–H groups in total. The largest absolute Gasteiger partial charge is 0.319 e. The Morgan fingerprint density at radius 1 is 1.17 bits per heavy atom. The van der Waals surface area contributed by atoms with Crippen molar-refractivity contribution in [3.8, 4) is 0 Å². The fraction of sp³-hybridized carbons (Fsp3) is 1.00. The highest BCUT2D eigenvalue weighted by Crippen LogP contribution is 2.29. The van der Waals surface area contributed by atoms with Crippen LogP contribution in [0.5, 0.6) is 0 Å². The Morgan fingerprint density at radius 3 is 2.22 bits per heavy atom. The van der Waals surface area contributed by atoms with E-state index in [1.807, 2.05) is 0 Å². The number of piperazine rings is 1. The molecule has 0 radical (unpaired) electrons. The van der Waals surface area contributed by atoms with Gasteiger partial charge in [0.05, 0.1) is 0 Å². The van der Waals surface area contributed by atoms with E-state index < -0.39 is 0 Å². The zero-order chi connectivity index (χ0) is 13.8. The summed E-state index contributed by atoms with van der Waals surface area (Å²) in [6.07, 6.45) is 2.52. The Kier molecular flexibility index (Phi) is 5.63. The Morgan fingerprint density at radius 2 is 1.78 bits per heavy atom. The van der Waals surface area contributed by atoms with Crippen LogP contribution in [0.3, 0.4) is 0 Å². The molecule has 0 saturated carbocycles. The summed E-state index contributed by atoms with van der Waals surface area (Å²) in [6, 6.07) is 0. The SMILES string of the molecule is CCC(CC)(CNC)CN1CCN(C)C(C)(C)C1. The zero-order valence-corrected chi connectivity index (χ0v) is 13.3. The molecule has 18 heavy (non-hydrogen) atoms. The molecule has 0 atom stereocenters. The normalized spacial score (nSPS) is 22.3. The predicted molar refractivity (Wildman–Crippen MR) is 80.1 cm³/mol. The minimum atomic E-state index is 0.311. The lowest BCUT2D eigenvalue weighted by atomic mass is 9.81. The first-order valence-electron chi connectivity index (χ1n) is 7.47. The highest BCUT2D eigenvalue weighted by atomic mass is 15.3. The van der Waals surface area contributed by atoms with Crippen LogP contribution in [0.2, 0.25) is 0 Å². The standard InChI is InChI=1S/C15H33N3/c1-7-15(8-2,11-16-5)13-18-10-9-17(6)14(3,4)12-18/h16H,7-13H2,1-6H3. The Bertz CT molecular complexity index is 246. The molecule has 0 unspecified atom stereocenters. The van der Waals surface area contributed by atoms with E-state index in [0.717, 1.165) is 6.54 Å². The first kappa shape index (κ1) is 15.9. The van der Waals surface area contributed by atoms with Gasteiger partial charge in [0, 0.05) is 38.3 Å². The van der Waals surface area contributed by atoms with Gasteiger partial charge in [0.15, 0.2) is 0 Å². The number of nitrogens with zero attached hydrogens (tertiary/aromatic N) is 2. The topological polar surface area (TPSA) is 18.5 Å². The van der Waals surface area contributed by atoms with Crippen LogP contribution in [-0.2, 0) is 0 Å². The van der Waals surface area contributed by atoms with Crippen LogP contribution in [0.1, 0.15) is 40.5 Å². The minimum Gasteiger partial charge on any atom is -0.319 e. The molecule has 0 aromatic rings. The smallest absolute Gasteiger partial charge is 0.0277 e. The van der Waals surface area contributed by atoms with E-state index in [4.69, 9.17) is 0 Å². The van der Waals surface area contributed by atoms with Crippen molar-refractivity contribution < 1.29 is 0 Å². The monoisotopic (exact) mass is 255 g/mol. The maximum absolute atomic E-state index is 3.39. The molecule has 0 aliphatic carbocycles. The summed E-state index contributed by atoms with van der Waals surface area (Å²) in [5, 5.41) is 3.39. The fourth-order valence-electron chi connectivity index (χ4n) is 3.10. The molecule has 1 fully saturated rings. The van der Waals surface area contributed by atoms with Gasteiger partial charge in [0.2, 0.25) is 0 Å². The summed E-state index contributed by atoms with van der Waals surface area (Å²) in [6.45, 7) is 15.3. The summed E-state index contributed by atoms with van der Waals surface area (Å²) in [5.41, 5.74) is 0.756. The second kappa shape index (κ2) is 6.36. The maximum atomic E-state index is 3.39. The van der Waals surface area contributed by atoms with E-state index in [-0.39, 0.29) is 0 Å². The molecule has 1 heterocycles. The van der Waals surface area contributed by atoms with Crippen molar-refractivity contribution >= 4 is 0 Å². The quantitative estimate of drug-likeness (QED) is 0.783. The third-order valence-electron chi connectivity index (χ3n) is 5.01. The summed E-state index contributed by atoms with van der Waals surface area (Å²) in [5.74, 6) is 0. The van der Waals surface area contributed by atoms with Gasteiger partial charge in [-0.3, -0.25) is 9.80 Å². The van der Waals surface area contributed by atoms with Crippen molar-refractivity contribution in [2.45, 2.75) is 46.1 Å². The summed E-state index contributed by atoms with van der Waals surface area (Å²) in [7, 11) is 4.33. The van der Waals surface area contributed by atoms with Crippen LogP contribution >= 0.6 is 0 Å². The number of rotatable bonds is 6. The third-order valence-corrected chi connectivity index (χ3v) is 5.01. The molecule has 0 aromatic heterocycles. The van der Waals surface area contributed by atoms with Gasteiger partial charge in [0.1, 0.15) is 0 Å². The van der Waals surface area contributed by atoms with Gasteiger partial charge >= 0.3 is 0 Å². The second-order valence-corrected chi connectivity index (χ2v) is 6.68. The number of hydrogen-bond donors (Lipinski definition) is 1. The van der Waals surface area contributed by atoms with Crippen LogP contribution in [0, 0.1) is 5.41 Å². The van der Waals surface area contributed by atoms with E-state index >= 15 is 0 Å². The Labute approximate surface area is 114 Å². The van der Waals surface area contributed by atoms with Crippen molar-refractivity contribution in [3.05, 3.63) is 0 Å². The first-order chi connectivity index (χ1) is 8.39. The summed E-state index contributed by atoms with van der Waals surface area (Å²) < 4.78 is 0. The van der Waals surface area contributed by atoms with Crippen molar-refractivity contribution in [1.29, 1.82) is 0 Å². The second-order valence-electron chi connectivity index (χ2n) is 6.68. The lowest BCUT2D eigenvalue weighted by molar-refractivity contribution is 0.0139. The Hall–Kier alpha value is -0.120. The van der Waals surface area contributed by atoms with Gasteiger partial charge in [-0.15, -0.1) is 0 Å². The van der Waals surface area contributed by atoms with Gasteiger partial charge in [0.25, 0.3) is 0 Å². The van der Waals surface area contributed by atoms with E-state index in [9.17, 15) is 0 Å². The molecule has 0 spiro atoms. The lowest BCUT2D eigenvalue weighted by Crippen LogP contribution is -2.59. The van der Waals surface area contributed by atoms with Gasteiger partial charge in [-0.25, -0.2) is 0 Å². The molecular formula is C15H33N3. The summed E-state index contributed by atoms with van der Waals surface area (Å²) in [4.78, 5) is 5.16. The predicted octanol–water partition coefficient (Wildman–Crippen LogP) is 2.04. The molecule has 1 aliphatic rings. The average Bonchev–Trinajstić information content (AvgIpc) is 2.33. The molecule has 3 nitrogen and oxygen atoms in total. The number of hydrogen-bond acceptors (Lipinski definition) is 3. The summed E-state index contributed by atoms with van der Waals surface area (Å²) >= 11 is 0. The van der Waals surface area contributed by atoms with Crippen LogP contribution in [0.15, 0.2) is 0 Å². The molecule has 1 aliphatic heterocycles. The van der Waals surface area contributed by atoms with Gasteiger partial charge in [-0.2, -0.15) is 0 Å². The van der Waals surface area contributed by atoms with Gasteiger partial charge < -0.3 is 5.32 Å². The van der Waals surface area contributed by atoms with E-state index in [1.54, 1.807) is 0 Å². The third kappa shape index (κ3) is 3.69. The molecule has 0 bridgehead atoms. The van der Waals surface area contributed by atoms with Crippen molar-refractivity contribution in [1.82, 2.24) is 15.1 Å². The average molecular weight is 255 g/mol.